The minimum Gasteiger partial charge on any atom is -0.293 e. The summed E-state index contributed by atoms with van der Waals surface area (Å²) in [6.07, 6.45) is 1.44. The van der Waals surface area contributed by atoms with E-state index < -0.39 is 0 Å². The lowest BCUT2D eigenvalue weighted by Gasteiger charge is -2.04. The van der Waals surface area contributed by atoms with Crippen LogP contribution in [0.15, 0.2) is 35.4 Å². The molecule has 0 unspecified atom stereocenters. The standard InChI is InChI=1S/C12H10FN5O/c1-17-11-10(15-16-17)12(19)18(7-14-11)6-8-2-4-9(13)5-3-8/h2-5,7H,6H2,1H3. The van der Waals surface area contributed by atoms with Crippen molar-refractivity contribution in [2.24, 2.45) is 7.05 Å². The van der Waals surface area contributed by atoms with Crippen LogP contribution in [0.1, 0.15) is 5.56 Å². The number of aryl methyl sites for hydroxylation is 1. The zero-order chi connectivity index (χ0) is 13.4. The zero-order valence-electron chi connectivity index (χ0n) is 10.1. The Hall–Kier alpha value is -2.57. The van der Waals surface area contributed by atoms with Crippen LogP contribution < -0.4 is 5.56 Å². The summed E-state index contributed by atoms with van der Waals surface area (Å²) in [7, 11) is 1.67. The normalized spacial score (nSPS) is 11.1. The molecule has 3 rings (SSSR count). The topological polar surface area (TPSA) is 65.6 Å². The van der Waals surface area contributed by atoms with Gasteiger partial charge >= 0.3 is 0 Å². The van der Waals surface area contributed by atoms with Gasteiger partial charge in [-0.3, -0.25) is 9.36 Å². The molecule has 0 aliphatic heterocycles. The van der Waals surface area contributed by atoms with Crippen molar-refractivity contribution in [2.75, 3.05) is 0 Å². The number of benzene rings is 1. The molecule has 19 heavy (non-hydrogen) atoms. The summed E-state index contributed by atoms with van der Waals surface area (Å²) in [6.45, 7) is 0.318. The summed E-state index contributed by atoms with van der Waals surface area (Å²) < 4.78 is 15.7. The number of hydrogen-bond acceptors (Lipinski definition) is 4. The van der Waals surface area contributed by atoms with Crippen LogP contribution in [0.4, 0.5) is 4.39 Å². The van der Waals surface area contributed by atoms with Crippen molar-refractivity contribution in [3.8, 4) is 0 Å². The first-order valence-corrected chi connectivity index (χ1v) is 5.64. The van der Waals surface area contributed by atoms with Crippen LogP contribution in [-0.4, -0.2) is 24.5 Å². The Morgan fingerprint density at radius 2 is 2.00 bits per heavy atom. The number of halogens is 1. The molecule has 0 atom stereocenters. The molecule has 0 N–H and O–H groups in total. The van der Waals surface area contributed by atoms with Crippen LogP contribution in [-0.2, 0) is 13.6 Å². The van der Waals surface area contributed by atoms with Gasteiger partial charge in [-0.2, -0.15) is 0 Å². The molecule has 0 saturated carbocycles. The lowest BCUT2D eigenvalue weighted by atomic mass is 10.2. The summed E-state index contributed by atoms with van der Waals surface area (Å²) in [5.74, 6) is -0.307. The summed E-state index contributed by atoms with van der Waals surface area (Å²) in [5, 5.41) is 7.55. The highest BCUT2D eigenvalue weighted by Gasteiger charge is 2.09. The summed E-state index contributed by atoms with van der Waals surface area (Å²) in [4.78, 5) is 16.3. The van der Waals surface area contributed by atoms with E-state index in [0.29, 0.717) is 12.2 Å². The van der Waals surface area contributed by atoms with Crippen molar-refractivity contribution < 1.29 is 4.39 Å². The molecule has 0 fully saturated rings. The summed E-state index contributed by atoms with van der Waals surface area (Å²) in [5.41, 5.74) is 1.23. The largest absolute Gasteiger partial charge is 0.293 e. The quantitative estimate of drug-likeness (QED) is 0.680. The van der Waals surface area contributed by atoms with Crippen LogP contribution >= 0.6 is 0 Å². The highest BCUT2D eigenvalue weighted by atomic mass is 19.1. The number of aromatic nitrogens is 5. The number of nitrogens with zero attached hydrogens (tertiary/aromatic N) is 5. The first-order chi connectivity index (χ1) is 9.15. The zero-order valence-corrected chi connectivity index (χ0v) is 10.1. The fourth-order valence-corrected chi connectivity index (χ4v) is 1.85. The van der Waals surface area contributed by atoms with E-state index in [4.69, 9.17) is 0 Å². The van der Waals surface area contributed by atoms with Gasteiger partial charge in [0.25, 0.3) is 5.56 Å². The Morgan fingerprint density at radius 3 is 2.74 bits per heavy atom. The maximum atomic E-state index is 12.8. The molecule has 0 saturated heterocycles. The summed E-state index contributed by atoms with van der Waals surface area (Å²) in [6, 6.07) is 5.97. The summed E-state index contributed by atoms with van der Waals surface area (Å²) >= 11 is 0. The smallest absolute Gasteiger partial charge is 0.283 e. The third-order valence-corrected chi connectivity index (χ3v) is 2.85. The Bertz CT molecular complexity index is 790. The predicted molar refractivity (Wildman–Crippen MR) is 66.1 cm³/mol. The third kappa shape index (κ3) is 1.99. The molecule has 3 aromatic rings. The van der Waals surface area contributed by atoms with E-state index in [0.717, 1.165) is 5.56 Å². The fourth-order valence-electron chi connectivity index (χ4n) is 1.85. The molecule has 96 valence electrons. The highest BCUT2D eigenvalue weighted by molar-refractivity contribution is 5.67. The molecule has 2 aromatic heterocycles. The van der Waals surface area contributed by atoms with Crippen molar-refractivity contribution in [3.63, 3.8) is 0 Å². The number of hydrogen-bond donors (Lipinski definition) is 0. The molecule has 2 heterocycles. The molecule has 0 bridgehead atoms. The van der Waals surface area contributed by atoms with Crippen LogP contribution in [0.5, 0.6) is 0 Å². The Morgan fingerprint density at radius 1 is 1.26 bits per heavy atom. The minimum absolute atomic E-state index is 0.229. The van der Waals surface area contributed by atoms with Gasteiger partial charge in [-0.1, -0.05) is 17.3 Å². The van der Waals surface area contributed by atoms with Gasteiger partial charge in [0.15, 0.2) is 11.2 Å². The second-order valence-electron chi connectivity index (χ2n) is 4.19. The van der Waals surface area contributed by atoms with Crippen molar-refractivity contribution in [3.05, 3.63) is 52.3 Å². The van der Waals surface area contributed by atoms with E-state index in [2.05, 4.69) is 15.3 Å². The second kappa shape index (κ2) is 4.27. The van der Waals surface area contributed by atoms with Crippen molar-refractivity contribution in [1.82, 2.24) is 24.5 Å². The van der Waals surface area contributed by atoms with E-state index >= 15 is 0 Å². The minimum atomic E-state index is -0.307. The van der Waals surface area contributed by atoms with Gasteiger partial charge < -0.3 is 0 Å². The number of fused-ring (bicyclic) bond motifs is 1. The Labute approximate surface area is 107 Å². The maximum Gasteiger partial charge on any atom is 0.283 e. The van der Waals surface area contributed by atoms with Gasteiger partial charge in [0.05, 0.1) is 6.54 Å². The Balaban J connectivity index is 2.04. The van der Waals surface area contributed by atoms with Crippen LogP contribution in [0, 0.1) is 5.82 Å². The molecule has 0 aliphatic rings. The lowest BCUT2D eigenvalue weighted by Crippen LogP contribution is -2.21. The van der Waals surface area contributed by atoms with Gasteiger partial charge in [0, 0.05) is 7.05 Å². The predicted octanol–water partition coefficient (Wildman–Crippen LogP) is 0.712. The van der Waals surface area contributed by atoms with Gasteiger partial charge in [-0.25, -0.2) is 14.1 Å². The molecule has 0 amide bonds. The van der Waals surface area contributed by atoms with E-state index in [1.165, 1.54) is 27.7 Å². The monoisotopic (exact) mass is 259 g/mol. The molecule has 1 aromatic carbocycles. The Kier molecular flexibility index (Phi) is 2.59. The number of rotatable bonds is 2. The van der Waals surface area contributed by atoms with E-state index in [-0.39, 0.29) is 16.9 Å². The van der Waals surface area contributed by atoms with Crippen molar-refractivity contribution in [2.45, 2.75) is 6.54 Å². The van der Waals surface area contributed by atoms with Gasteiger partial charge in [0.1, 0.15) is 12.1 Å². The molecule has 0 spiro atoms. The SMILES string of the molecule is Cn1nnc2c(=O)n(Cc3ccc(F)cc3)cnc21. The fraction of sp³-hybridized carbons (Fsp3) is 0.167. The first kappa shape index (κ1) is 11.5. The maximum absolute atomic E-state index is 12.8. The molecule has 6 nitrogen and oxygen atoms in total. The van der Waals surface area contributed by atoms with E-state index in [9.17, 15) is 9.18 Å². The van der Waals surface area contributed by atoms with Gasteiger partial charge in [-0.05, 0) is 17.7 Å². The van der Waals surface area contributed by atoms with Crippen molar-refractivity contribution in [1.29, 1.82) is 0 Å². The molecule has 0 radical (unpaired) electrons. The molecule has 0 aliphatic carbocycles. The van der Waals surface area contributed by atoms with Gasteiger partial charge in [0.2, 0.25) is 0 Å². The van der Waals surface area contributed by atoms with Crippen molar-refractivity contribution >= 4 is 11.2 Å². The van der Waals surface area contributed by atoms with Crippen LogP contribution in [0.2, 0.25) is 0 Å². The van der Waals surface area contributed by atoms with Crippen LogP contribution in [0.25, 0.3) is 11.2 Å². The highest BCUT2D eigenvalue weighted by Crippen LogP contribution is 2.05. The van der Waals surface area contributed by atoms with E-state index in [1.807, 2.05) is 0 Å². The first-order valence-electron chi connectivity index (χ1n) is 5.64. The molecule has 7 heteroatoms. The third-order valence-electron chi connectivity index (χ3n) is 2.85. The van der Waals surface area contributed by atoms with Gasteiger partial charge in [-0.15, -0.1) is 5.10 Å². The molecular weight excluding hydrogens is 249 g/mol. The lowest BCUT2D eigenvalue weighted by molar-refractivity contribution is 0.626. The second-order valence-corrected chi connectivity index (χ2v) is 4.19. The van der Waals surface area contributed by atoms with E-state index in [1.54, 1.807) is 19.2 Å². The average molecular weight is 259 g/mol. The van der Waals surface area contributed by atoms with Crippen LogP contribution in [0.3, 0.4) is 0 Å². The average Bonchev–Trinajstić information content (AvgIpc) is 2.78. The molecular formula is C12H10FN5O.